The van der Waals surface area contributed by atoms with Crippen LogP contribution in [0.15, 0.2) is 0 Å². The Labute approximate surface area is 65.2 Å². The predicted molar refractivity (Wildman–Crippen MR) is 47.2 cm³/mol. The van der Waals surface area contributed by atoms with Crippen molar-refractivity contribution in [1.29, 1.82) is 0 Å². The van der Waals surface area contributed by atoms with E-state index in [4.69, 9.17) is 0 Å². The molecule has 0 saturated heterocycles. The lowest BCUT2D eigenvalue weighted by Gasteiger charge is -2.17. The van der Waals surface area contributed by atoms with Gasteiger partial charge in [0.25, 0.3) is 0 Å². The number of nitrogens with one attached hydrogen (secondary N) is 1. The molecule has 0 heterocycles. The standard InChI is InChI=1S/C9H21N/c1-5-8(3)9(4)7-10-6-2/h8-10H,5-7H2,1-4H3/t8-,9+/m1/s1. The average Bonchev–Trinajstić information content (AvgIpc) is 1.98. The van der Waals surface area contributed by atoms with Gasteiger partial charge in [-0.2, -0.15) is 0 Å². The molecule has 0 aromatic heterocycles. The van der Waals surface area contributed by atoms with Crippen LogP contribution in [0.3, 0.4) is 0 Å². The van der Waals surface area contributed by atoms with Crippen molar-refractivity contribution in [3.8, 4) is 0 Å². The summed E-state index contributed by atoms with van der Waals surface area (Å²) >= 11 is 0. The van der Waals surface area contributed by atoms with Crippen LogP contribution in [0.5, 0.6) is 0 Å². The molecule has 0 aliphatic heterocycles. The average molecular weight is 143 g/mol. The fourth-order valence-corrected chi connectivity index (χ4v) is 0.976. The SMILES string of the molecule is CCNC[C@H](C)[C@H](C)CC. The summed E-state index contributed by atoms with van der Waals surface area (Å²) in [7, 11) is 0. The lowest BCUT2D eigenvalue weighted by atomic mass is 9.94. The Hall–Kier alpha value is -0.0400. The van der Waals surface area contributed by atoms with E-state index in [2.05, 4.69) is 33.0 Å². The van der Waals surface area contributed by atoms with Crippen molar-refractivity contribution in [2.75, 3.05) is 13.1 Å². The third kappa shape index (κ3) is 3.89. The summed E-state index contributed by atoms with van der Waals surface area (Å²) in [6.07, 6.45) is 1.30. The van der Waals surface area contributed by atoms with Crippen LogP contribution in [0.2, 0.25) is 0 Å². The van der Waals surface area contributed by atoms with Crippen LogP contribution >= 0.6 is 0 Å². The molecule has 0 aliphatic rings. The highest BCUT2D eigenvalue weighted by Crippen LogP contribution is 2.12. The van der Waals surface area contributed by atoms with Crippen molar-refractivity contribution < 1.29 is 0 Å². The summed E-state index contributed by atoms with van der Waals surface area (Å²) < 4.78 is 0. The minimum atomic E-state index is 0.824. The Morgan fingerprint density at radius 1 is 1.10 bits per heavy atom. The fraction of sp³-hybridized carbons (Fsp3) is 1.00. The third-order valence-electron chi connectivity index (χ3n) is 2.33. The van der Waals surface area contributed by atoms with Gasteiger partial charge in [0.15, 0.2) is 0 Å². The molecule has 1 nitrogen and oxygen atoms in total. The third-order valence-corrected chi connectivity index (χ3v) is 2.33. The molecule has 0 radical (unpaired) electrons. The molecule has 0 aromatic rings. The van der Waals surface area contributed by atoms with Crippen LogP contribution < -0.4 is 5.32 Å². The van der Waals surface area contributed by atoms with Gasteiger partial charge in [0.2, 0.25) is 0 Å². The van der Waals surface area contributed by atoms with Gasteiger partial charge in [0.05, 0.1) is 0 Å². The maximum absolute atomic E-state index is 3.36. The monoisotopic (exact) mass is 143 g/mol. The second-order valence-corrected chi connectivity index (χ2v) is 3.17. The summed E-state index contributed by atoms with van der Waals surface area (Å²) in [5, 5.41) is 3.36. The Balaban J connectivity index is 3.31. The largest absolute Gasteiger partial charge is 0.317 e. The predicted octanol–water partition coefficient (Wildman–Crippen LogP) is 2.28. The molecule has 0 spiro atoms. The van der Waals surface area contributed by atoms with Crippen molar-refractivity contribution in [1.82, 2.24) is 5.32 Å². The molecule has 1 N–H and O–H groups in total. The molecule has 0 amide bonds. The molecular formula is C9H21N. The summed E-state index contributed by atoms with van der Waals surface area (Å²) in [4.78, 5) is 0. The van der Waals surface area contributed by atoms with Crippen LogP contribution in [0, 0.1) is 11.8 Å². The zero-order chi connectivity index (χ0) is 7.98. The molecule has 0 rings (SSSR count). The van der Waals surface area contributed by atoms with Crippen molar-refractivity contribution in [2.45, 2.75) is 34.1 Å². The molecule has 10 heavy (non-hydrogen) atoms. The van der Waals surface area contributed by atoms with Gasteiger partial charge in [-0.05, 0) is 24.9 Å². The first-order valence-corrected chi connectivity index (χ1v) is 4.43. The molecule has 0 fully saturated rings. The summed E-state index contributed by atoms with van der Waals surface area (Å²) in [6.45, 7) is 11.3. The van der Waals surface area contributed by atoms with E-state index >= 15 is 0 Å². The first kappa shape index (κ1) is 9.96. The first-order valence-electron chi connectivity index (χ1n) is 4.43. The molecule has 0 saturated carbocycles. The van der Waals surface area contributed by atoms with Gasteiger partial charge in [-0.3, -0.25) is 0 Å². The van der Waals surface area contributed by atoms with E-state index in [0.717, 1.165) is 18.4 Å². The Morgan fingerprint density at radius 2 is 1.70 bits per heavy atom. The van der Waals surface area contributed by atoms with E-state index in [-0.39, 0.29) is 0 Å². The number of hydrogen-bond donors (Lipinski definition) is 1. The Kier molecular flexibility index (Phi) is 5.70. The molecule has 0 aliphatic carbocycles. The van der Waals surface area contributed by atoms with Gasteiger partial charge in [-0.15, -0.1) is 0 Å². The van der Waals surface area contributed by atoms with Gasteiger partial charge in [-0.25, -0.2) is 0 Å². The highest BCUT2D eigenvalue weighted by Gasteiger charge is 2.07. The summed E-state index contributed by atoms with van der Waals surface area (Å²) in [6, 6.07) is 0. The van der Waals surface area contributed by atoms with Crippen LogP contribution in [-0.2, 0) is 0 Å². The maximum atomic E-state index is 3.36. The van der Waals surface area contributed by atoms with E-state index in [1.807, 2.05) is 0 Å². The second-order valence-electron chi connectivity index (χ2n) is 3.17. The topological polar surface area (TPSA) is 12.0 Å². The molecule has 62 valence electrons. The van der Waals surface area contributed by atoms with Crippen molar-refractivity contribution in [3.05, 3.63) is 0 Å². The lowest BCUT2D eigenvalue weighted by Crippen LogP contribution is -2.24. The van der Waals surface area contributed by atoms with Gasteiger partial charge in [0, 0.05) is 0 Å². The van der Waals surface area contributed by atoms with Crippen LogP contribution in [0.1, 0.15) is 34.1 Å². The quantitative estimate of drug-likeness (QED) is 0.622. The van der Waals surface area contributed by atoms with Gasteiger partial charge >= 0.3 is 0 Å². The van der Waals surface area contributed by atoms with E-state index in [0.29, 0.717) is 0 Å². The molecule has 0 unspecified atom stereocenters. The smallest absolute Gasteiger partial charge is 0.00207 e. The van der Waals surface area contributed by atoms with Crippen molar-refractivity contribution in [3.63, 3.8) is 0 Å². The normalized spacial score (nSPS) is 16.8. The highest BCUT2D eigenvalue weighted by molar-refractivity contribution is 4.62. The Bertz CT molecular complexity index is 71.1. The molecule has 1 heteroatoms. The molecule has 2 atom stereocenters. The molecular weight excluding hydrogens is 122 g/mol. The van der Waals surface area contributed by atoms with E-state index in [9.17, 15) is 0 Å². The maximum Gasteiger partial charge on any atom is -0.00207 e. The van der Waals surface area contributed by atoms with E-state index < -0.39 is 0 Å². The lowest BCUT2D eigenvalue weighted by molar-refractivity contribution is 0.361. The van der Waals surface area contributed by atoms with Crippen LogP contribution in [0.4, 0.5) is 0 Å². The number of rotatable bonds is 5. The van der Waals surface area contributed by atoms with E-state index in [1.54, 1.807) is 0 Å². The van der Waals surface area contributed by atoms with E-state index in [1.165, 1.54) is 13.0 Å². The van der Waals surface area contributed by atoms with Gasteiger partial charge in [-0.1, -0.05) is 34.1 Å². The van der Waals surface area contributed by atoms with Gasteiger partial charge < -0.3 is 5.32 Å². The summed E-state index contributed by atoms with van der Waals surface area (Å²) in [5.74, 6) is 1.68. The Morgan fingerprint density at radius 3 is 2.10 bits per heavy atom. The van der Waals surface area contributed by atoms with Crippen LogP contribution in [0.25, 0.3) is 0 Å². The summed E-state index contributed by atoms with van der Waals surface area (Å²) in [5.41, 5.74) is 0. The number of hydrogen-bond acceptors (Lipinski definition) is 1. The zero-order valence-corrected chi connectivity index (χ0v) is 7.78. The zero-order valence-electron chi connectivity index (χ0n) is 7.78. The van der Waals surface area contributed by atoms with Crippen molar-refractivity contribution in [2.24, 2.45) is 11.8 Å². The first-order chi connectivity index (χ1) is 4.72. The van der Waals surface area contributed by atoms with Crippen LogP contribution in [-0.4, -0.2) is 13.1 Å². The minimum Gasteiger partial charge on any atom is -0.317 e. The molecule has 0 aromatic carbocycles. The minimum absolute atomic E-state index is 0.824. The highest BCUT2D eigenvalue weighted by atomic mass is 14.8. The fourth-order valence-electron chi connectivity index (χ4n) is 0.976. The molecule has 0 bridgehead atoms. The van der Waals surface area contributed by atoms with Gasteiger partial charge in [0.1, 0.15) is 0 Å². The second kappa shape index (κ2) is 5.72. The van der Waals surface area contributed by atoms with Crippen molar-refractivity contribution >= 4 is 0 Å².